The Morgan fingerprint density at radius 3 is 2.69 bits per heavy atom. The maximum atomic E-state index is 14.1. The molecule has 0 radical (unpaired) electrons. The van der Waals surface area contributed by atoms with Crippen LogP contribution in [0.1, 0.15) is 34.5 Å². The predicted molar refractivity (Wildman–Crippen MR) is 89.5 cm³/mol. The van der Waals surface area contributed by atoms with Crippen LogP contribution in [0.25, 0.3) is 0 Å². The highest BCUT2D eigenvalue weighted by Gasteiger charge is 2.47. The van der Waals surface area contributed by atoms with Crippen LogP contribution in [0.15, 0.2) is 34.9 Å². The van der Waals surface area contributed by atoms with Gasteiger partial charge in [-0.3, -0.25) is 9.69 Å². The maximum Gasteiger partial charge on any atom is 0.255 e. The second-order valence-electron chi connectivity index (χ2n) is 6.85. The van der Waals surface area contributed by atoms with Gasteiger partial charge in [-0.15, -0.1) is 0 Å². The van der Waals surface area contributed by atoms with E-state index in [-0.39, 0.29) is 11.5 Å². The van der Waals surface area contributed by atoms with E-state index >= 15 is 0 Å². The fourth-order valence-corrected chi connectivity index (χ4v) is 3.30. The second-order valence-corrected chi connectivity index (χ2v) is 6.85. The van der Waals surface area contributed by atoms with E-state index in [0.717, 1.165) is 31.3 Å². The van der Waals surface area contributed by atoms with Crippen molar-refractivity contribution in [3.63, 3.8) is 0 Å². The molecule has 5 nitrogen and oxygen atoms in total. The third-order valence-corrected chi connectivity index (χ3v) is 4.95. The van der Waals surface area contributed by atoms with Crippen LogP contribution in [-0.4, -0.2) is 37.1 Å². The van der Waals surface area contributed by atoms with E-state index in [9.17, 15) is 13.6 Å². The first kappa shape index (κ1) is 17.2. The summed E-state index contributed by atoms with van der Waals surface area (Å²) in [7, 11) is 0. The van der Waals surface area contributed by atoms with E-state index in [4.69, 9.17) is 9.15 Å². The highest BCUT2D eigenvalue weighted by Crippen LogP contribution is 2.46. The number of carbonyl (C=O) groups is 1. The molecular weight excluding hydrogens is 342 g/mol. The summed E-state index contributed by atoms with van der Waals surface area (Å²) in [6, 6.07) is 5.02. The predicted octanol–water partition coefficient (Wildman–Crippen LogP) is 2.81. The molecule has 2 fully saturated rings. The van der Waals surface area contributed by atoms with E-state index < -0.39 is 17.2 Å². The Morgan fingerprint density at radius 2 is 1.96 bits per heavy atom. The van der Waals surface area contributed by atoms with Gasteiger partial charge in [0, 0.05) is 18.7 Å². The summed E-state index contributed by atoms with van der Waals surface area (Å²) in [6.07, 6.45) is 2.57. The van der Waals surface area contributed by atoms with Crippen LogP contribution in [0, 0.1) is 11.6 Å². The summed E-state index contributed by atoms with van der Waals surface area (Å²) >= 11 is 0. The van der Waals surface area contributed by atoms with Crippen LogP contribution in [0.2, 0.25) is 0 Å². The molecule has 0 bridgehead atoms. The summed E-state index contributed by atoms with van der Waals surface area (Å²) in [5.74, 6) is -0.676. The Kier molecular flexibility index (Phi) is 4.50. The zero-order valence-electron chi connectivity index (χ0n) is 14.3. The third-order valence-electron chi connectivity index (χ3n) is 4.95. The van der Waals surface area contributed by atoms with Gasteiger partial charge in [0.05, 0.1) is 30.9 Å². The molecule has 4 rings (SSSR count). The molecule has 1 aliphatic heterocycles. The summed E-state index contributed by atoms with van der Waals surface area (Å²) in [6.45, 7) is 3.64. The van der Waals surface area contributed by atoms with Gasteiger partial charge in [0.15, 0.2) is 0 Å². The number of nitrogens with zero attached hydrogens (tertiary/aromatic N) is 1. The minimum Gasteiger partial charge on any atom is -0.467 e. The van der Waals surface area contributed by atoms with E-state index in [1.807, 2.05) is 0 Å². The van der Waals surface area contributed by atoms with Gasteiger partial charge < -0.3 is 14.5 Å². The van der Waals surface area contributed by atoms with E-state index in [2.05, 4.69) is 10.2 Å². The van der Waals surface area contributed by atoms with Gasteiger partial charge in [-0.25, -0.2) is 8.78 Å². The molecular formula is C19H20F2N2O3. The number of amides is 1. The van der Waals surface area contributed by atoms with Crippen molar-refractivity contribution >= 4 is 5.91 Å². The minimum absolute atomic E-state index is 0.197. The Morgan fingerprint density at radius 1 is 1.19 bits per heavy atom. The third kappa shape index (κ3) is 3.50. The Bertz CT molecular complexity index is 811. The first-order chi connectivity index (χ1) is 12.6. The highest BCUT2D eigenvalue weighted by molar-refractivity contribution is 5.94. The van der Waals surface area contributed by atoms with Crippen molar-refractivity contribution in [2.24, 2.45) is 0 Å². The lowest BCUT2D eigenvalue weighted by atomic mass is 10.0. The van der Waals surface area contributed by atoms with Gasteiger partial charge in [-0.2, -0.15) is 0 Å². The molecule has 1 saturated heterocycles. The van der Waals surface area contributed by atoms with E-state index in [1.54, 1.807) is 6.07 Å². The fraction of sp³-hybridized carbons (Fsp3) is 0.421. The molecule has 2 aliphatic rings. The number of carbonyl (C=O) groups excluding carboxylic acids is 1. The lowest BCUT2D eigenvalue weighted by Gasteiger charge is -2.25. The van der Waals surface area contributed by atoms with Gasteiger partial charge >= 0.3 is 0 Å². The van der Waals surface area contributed by atoms with Gasteiger partial charge in [-0.1, -0.05) is 0 Å². The summed E-state index contributed by atoms with van der Waals surface area (Å²) in [5, 5.41) is 2.85. The number of hydrogen-bond acceptors (Lipinski definition) is 4. The Balaban J connectivity index is 1.44. The van der Waals surface area contributed by atoms with E-state index in [0.29, 0.717) is 43.9 Å². The SMILES string of the molecule is O=C(NC1(c2cc(F)ccc2F)CC1)c1coc(CN2CCOCC2)c1. The molecule has 138 valence electrons. The van der Waals surface area contributed by atoms with Crippen molar-refractivity contribution in [1.82, 2.24) is 10.2 Å². The normalized spacial score (nSPS) is 19.3. The average Bonchev–Trinajstić information content (AvgIpc) is 3.26. The zero-order valence-corrected chi connectivity index (χ0v) is 14.3. The summed E-state index contributed by atoms with van der Waals surface area (Å²) < 4.78 is 38.4. The number of furan rings is 1. The number of ether oxygens (including phenoxy) is 1. The Labute approximate surface area is 149 Å². The standard InChI is InChI=1S/C19H20F2N2O3/c20-14-1-2-17(21)16(10-14)19(3-4-19)22-18(24)13-9-15(26-12-13)11-23-5-7-25-8-6-23/h1-2,9-10,12H,3-8,11H2,(H,22,24). The molecule has 0 unspecified atom stereocenters. The zero-order chi connectivity index (χ0) is 18.1. The second kappa shape index (κ2) is 6.81. The molecule has 0 spiro atoms. The molecule has 1 amide bonds. The first-order valence-electron chi connectivity index (χ1n) is 8.71. The molecule has 0 atom stereocenters. The van der Waals surface area contributed by atoms with Crippen molar-refractivity contribution in [3.05, 3.63) is 59.1 Å². The van der Waals surface area contributed by atoms with Gasteiger partial charge in [0.1, 0.15) is 23.7 Å². The number of nitrogens with one attached hydrogen (secondary N) is 1. The molecule has 1 aliphatic carbocycles. The van der Waals surface area contributed by atoms with Gasteiger partial charge in [-0.05, 0) is 37.1 Å². The number of rotatable bonds is 5. The topological polar surface area (TPSA) is 54.7 Å². The lowest BCUT2D eigenvalue weighted by Crippen LogP contribution is -2.36. The summed E-state index contributed by atoms with van der Waals surface area (Å²) in [5.41, 5.74) is -0.246. The lowest BCUT2D eigenvalue weighted by molar-refractivity contribution is 0.0313. The molecule has 1 aromatic heterocycles. The van der Waals surface area contributed by atoms with Crippen LogP contribution in [-0.2, 0) is 16.8 Å². The van der Waals surface area contributed by atoms with Crippen molar-refractivity contribution in [2.45, 2.75) is 24.9 Å². The van der Waals surface area contributed by atoms with Crippen LogP contribution in [0.4, 0.5) is 8.78 Å². The molecule has 1 N–H and O–H groups in total. The van der Waals surface area contributed by atoms with Crippen LogP contribution in [0.5, 0.6) is 0 Å². The summed E-state index contributed by atoms with van der Waals surface area (Å²) in [4.78, 5) is 14.7. The first-order valence-corrected chi connectivity index (χ1v) is 8.71. The number of morpholine rings is 1. The number of benzene rings is 1. The largest absolute Gasteiger partial charge is 0.467 e. The Hall–Kier alpha value is -2.25. The van der Waals surface area contributed by atoms with Crippen molar-refractivity contribution in [2.75, 3.05) is 26.3 Å². The molecule has 2 aromatic rings. The van der Waals surface area contributed by atoms with Crippen molar-refractivity contribution in [3.8, 4) is 0 Å². The smallest absolute Gasteiger partial charge is 0.255 e. The fourth-order valence-electron chi connectivity index (χ4n) is 3.30. The number of hydrogen-bond donors (Lipinski definition) is 1. The van der Waals surface area contributed by atoms with Gasteiger partial charge in [0.2, 0.25) is 0 Å². The molecule has 1 aromatic carbocycles. The van der Waals surface area contributed by atoms with Crippen LogP contribution >= 0.6 is 0 Å². The molecule has 26 heavy (non-hydrogen) atoms. The van der Waals surface area contributed by atoms with Crippen molar-refractivity contribution in [1.29, 1.82) is 0 Å². The monoisotopic (exact) mass is 362 g/mol. The molecule has 7 heteroatoms. The average molecular weight is 362 g/mol. The van der Waals surface area contributed by atoms with Crippen LogP contribution < -0.4 is 5.32 Å². The highest BCUT2D eigenvalue weighted by atomic mass is 19.1. The minimum atomic E-state index is -0.828. The van der Waals surface area contributed by atoms with Crippen molar-refractivity contribution < 1.29 is 22.7 Å². The quantitative estimate of drug-likeness (QED) is 0.889. The van der Waals surface area contributed by atoms with Gasteiger partial charge in [0.25, 0.3) is 5.91 Å². The van der Waals surface area contributed by atoms with Crippen LogP contribution in [0.3, 0.4) is 0 Å². The molecule has 1 saturated carbocycles. The maximum absolute atomic E-state index is 14.1. The van der Waals surface area contributed by atoms with E-state index in [1.165, 1.54) is 6.26 Å². The molecule has 2 heterocycles. The number of halogens is 2.